The fraction of sp³-hybridized carbons (Fsp3) is 0.250. The summed E-state index contributed by atoms with van der Waals surface area (Å²) in [7, 11) is 0. The highest BCUT2D eigenvalue weighted by atomic mass is 32.1. The summed E-state index contributed by atoms with van der Waals surface area (Å²) < 4.78 is 5.03. The lowest BCUT2D eigenvalue weighted by molar-refractivity contribution is -0.121. The molecule has 2 N–H and O–H groups in total. The zero-order valence-corrected chi connectivity index (χ0v) is 14.1. The molecular formula is C16H16N2O3S2. The van der Waals surface area contributed by atoms with Gasteiger partial charge in [0.15, 0.2) is 0 Å². The Morgan fingerprint density at radius 3 is 3.00 bits per heavy atom. The van der Waals surface area contributed by atoms with E-state index in [1.807, 2.05) is 29.0 Å². The molecule has 3 heterocycles. The molecule has 0 aliphatic carbocycles. The van der Waals surface area contributed by atoms with Crippen LogP contribution in [0.15, 0.2) is 45.9 Å². The Kier molecular flexibility index (Phi) is 4.61. The van der Waals surface area contributed by atoms with Crippen molar-refractivity contribution < 1.29 is 14.3 Å². The van der Waals surface area contributed by atoms with Crippen LogP contribution in [0.1, 0.15) is 17.5 Å². The van der Waals surface area contributed by atoms with Crippen LogP contribution in [0.25, 0.3) is 10.6 Å². The Labute approximate surface area is 141 Å². The summed E-state index contributed by atoms with van der Waals surface area (Å²) in [5.74, 6) is -0.161. The minimum Gasteiger partial charge on any atom is -0.472 e. The number of hydrogen-bond donors (Lipinski definition) is 2. The minimum atomic E-state index is -1.06. The summed E-state index contributed by atoms with van der Waals surface area (Å²) in [4.78, 5) is 17.3. The molecule has 23 heavy (non-hydrogen) atoms. The van der Waals surface area contributed by atoms with E-state index < -0.39 is 5.60 Å². The average Bonchev–Trinajstić information content (AvgIpc) is 3.25. The van der Waals surface area contributed by atoms with E-state index >= 15 is 0 Å². The number of nitrogens with zero attached hydrogens (tertiary/aromatic N) is 1. The van der Waals surface area contributed by atoms with Crippen molar-refractivity contribution in [2.24, 2.45) is 0 Å². The molecule has 0 aliphatic heterocycles. The normalized spacial score (nSPS) is 13.7. The van der Waals surface area contributed by atoms with Crippen LogP contribution in [0.2, 0.25) is 0 Å². The summed E-state index contributed by atoms with van der Waals surface area (Å²) >= 11 is 2.94. The van der Waals surface area contributed by atoms with Gasteiger partial charge in [0, 0.05) is 15.8 Å². The van der Waals surface area contributed by atoms with Crippen molar-refractivity contribution in [3.63, 3.8) is 0 Å². The van der Waals surface area contributed by atoms with Gasteiger partial charge in [-0.15, -0.1) is 22.7 Å². The van der Waals surface area contributed by atoms with E-state index in [9.17, 15) is 9.90 Å². The SMILES string of the molecule is CC(O)(CNC(=O)Cc1csc(-c2ccoc2)n1)c1cccs1. The van der Waals surface area contributed by atoms with Crippen molar-refractivity contribution in [2.45, 2.75) is 18.9 Å². The van der Waals surface area contributed by atoms with Crippen LogP contribution in [-0.2, 0) is 16.8 Å². The number of amides is 1. The first-order chi connectivity index (χ1) is 11.0. The number of hydrogen-bond acceptors (Lipinski definition) is 6. The molecule has 0 aliphatic rings. The Bertz CT molecular complexity index is 761. The third-order valence-corrected chi connectivity index (χ3v) is 5.41. The van der Waals surface area contributed by atoms with Gasteiger partial charge in [-0.1, -0.05) is 6.07 Å². The van der Waals surface area contributed by atoms with Gasteiger partial charge in [-0.05, 0) is 24.4 Å². The predicted molar refractivity (Wildman–Crippen MR) is 90.4 cm³/mol. The third-order valence-electron chi connectivity index (χ3n) is 3.34. The van der Waals surface area contributed by atoms with Crippen LogP contribution in [0.5, 0.6) is 0 Å². The molecule has 1 unspecified atom stereocenters. The summed E-state index contributed by atoms with van der Waals surface area (Å²) in [6.07, 6.45) is 3.41. The van der Waals surface area contributed by atoms with E-state index in [0.717, 1.165) is 15.4 Å². The molecule has 0 saturated heterocycles. The number of furan rings is 1. The topological polar surface area (TPSA) is 75.4 Å². The molecule has 3 aromatic rings. The Balaban J connectivity index is 1.56. The molecule has 0 bridgehead atoms. The minimum absolute atomic E-state index is 0.161. The maximum Gasteiger partial charge on any atom is 0.226 e. The average molecular weight is 348 g/mol. The van der Waals surface area contributed by atoms with Gasteiger partial charge >= 0.3 is 0 Å². The maximum absolute atomic E-state index is 12.1. The van der Waals surface area contributed by atoms with Crippen molar-refractivity contribution in [1.29, 1.82) is 0 Å². The third kappa shape index (κ3) is 3.87. The highest BCUT2D eigenvalue weighted by Gasteiger charge is 2.25. The summed E-state index contributed by atoms with van der Waals surface area (Å²) in [5.41, 5.74) is 0.551. The molecule has 0 saturated carbocycles. The number of thiazole rings is 1. The van der Waals surface area contributed by atoms with Gasteiger partial charge in [0.25, 0.3) is 0 Å². The van der Waals surface area contributed by atoms with E-state index in [0.29, 0.717) is 5.69 Å². The first-order valence-corrected chi connectivity index (χ1v) is 8.80. The predicted octanol–water partition coefficient (Wildman–Crippen LogP) is 3.03. The summed E-state index contributed by atoms with van der Waals surface area (Å²) in [6, 6.07) is 5.57. The fourth-order valence-corrected chi connectivity index (χ4v) is 3.67. The van der Waals surface area contributed by atoms with Gasteiger partial charge in [-0.2, -0.15) is 0 Å². The van der Waals surface area contributed by atoms with Gasteiger partial charge in [0.05, 0.1) is 24.9 Å². The number of carbonyl (C=O) groups is 1. The molecule has 1 amide bonds. The second kappa shape index (κ2) is 6.66. The van der Waals surface area contributed by atoms with E-state index in [1.165, 1.54) is 22.7 Å². The Morgan fingerprint density at radius 2 is 2.30 bits per heavy atom. The van der Waals surface area contributed by atoms with Crippen LogP contribution >= 0.6 is 22.7 Å². The van der Waals surface area contributed by atoms with Gasteiger partial charge in [-0.25, -0.2) is 4.98 Å². The fourth-order valence-electron chi connectivity index (χ4n) is 2.08. The number of aliphatic hydroxyl groups is 1. The summed E-state index contributed by atoms with van der Waals surface area (Å²) in [6.45, 7) is 1.87. The van der Waals surface area contributed by atoms with E-state index in [4.69, 9.17) is 4.42 Å². The Hall–Kier alpha value is -1.96. The smallest absolute Gasteiger partial charge is 0.226 e. The number of thiophene rings is 1. The first kappa shape index (κ1) is 15.9. The van der Waals surface area contributed by atoms with Crippen molar-refractivity contribution in [2.75, 3.05) is 6.54 Å². The van der Waals surface area contributed by atoms with E-state index in [-0.39, 0.29) is 18.9 Å². The molecule has 3 aromatic heterocycles. The quantitative estimate of drug-likeness (QED) is 0.718. The number of rotatable bonds is 6. The maximum atomic E-state index is 12.1. The second-order valence-corrected chi connectivity index (χ2v) is 7.17. The molecule has 7 heteroatoms. The molecule has 0 fully saturated rings. The van der Waals surface area contributed by atoms with Crippen LogP contribution in [0, 0.1) is 0 Å². The molecule has 3 rings (SSSR count). The molecule has 5 nitrogen and oxygen atoms in total. The standard InChI is InChI=1S/C16H16N2O3S2/c1-16(20,13-3-2-6-22-13)10-17-14(19)7-12-9-23-15(18-12)11-4-5-21-8-11/h2-6,8-9,20H,7,10H2,1H3,(H,17,19). The van der Waals surface area contributed by atoms with Crippen molar-refractivity contribution >= 4 is 28.6 Å². The van der Waals surface area contributed by atoms with Gasteiger partial charge in [0.2, 0.25) is 5.91 Å². The second-order valence-electron chi connectivity index (χ2n) is 5.36. The Morgan fingerprint density at radius 1 is 1.43 bits per heavy atom. The number of nitrogens with one attached hydrogen (secondary N) is 1. The van der Waals surface area contributed by atoms with Gasteiger partial charge in [-0.3, -0.25) is 4.79 Å². The van der Waals surface area contributed by atoms with Crippen LogP contribution in [0.3, 0.4) is 0 Å². The number of carbonyl (C=O) groups excluding carboxylic acids is 1. The molecule has 1 atom stereocenters. The van der Waals surface area contributed by atoms with Crippen LogP contribution in [-0.4, -0.2) is 22.5 Å². The van der Waals surface area contributed by atoms with Gasteiger partial charge in [0.1, 0.15) is 16.9 Å². The highest BCUT2D eigenvalue weighted by Crippen LogP contribution is 2.25. The highest BCUT2D eigenvalue weighted by molar-refractivity contribution is 7.13. The van der Waals surface area contributed by atoms with Crippen LogP contribution < -0.4 is 5.32 Å². The first-order valence-electron chi connectivity index (χ1n) is 7.04. The van der Waals surface area contributed by atoms with Gasteiger partial charge < -0.3 is 14.8 Å². The van der Waals surface area contributed by atoms with Crippen molar-refractivity contribution in [3.8, 4) is 10.6 Å². The molecule has 120 valence electrons. The van der Waals surface area contributed by atoms with E-state index in [1.54, 1.807) is 19.5 Å². The van der Waals surface area contributed by atoms with Crippen molar-refractivity contribution in [3.05, 3.63) is 52.1 Å². The lowest BCUT2D eigenvalue weighted by atomic mass is 10.1. The molecular weight excluding hydrogens is 332 g/mol. The van der Waals surface area contributed by atoms with Crippen LogP contribution in [0.4, 0.5) is 0 Å². The lowest BCUT2D eigenvalue weighted by Gasteiger charge is -2.22. The molecule has 0 radical (unpaired) electrons. The van der Waals surface area contributed by atoms with E-state index in [2.05, 4.69) is 10.3 Å². The summed E-state index contributed by atoms with van der Waals surface area (Å²) in [5, 5.41) is 17.7. The largest absolute Gasteiger partial charge is 0.472 e. The lowest BCUT2D eigenvalue weighted by Crippen LogP contribution is -2.38. The molecule has 0 aromatic carbocycles. The monoisotopic (exact) mass is 348 g/mol. The number of aromatic nitrogens is 1. The molecule has 0 spiro atoms. The zero-order valence-electron chi connectivity index (χ0n) is 12.5. The van der Waals surface area contributed by atoms with Crippen molar-refractivity contribution in [1.82, 2.24) is 10.3 Å². The zero-order chi connectivity index (χ0) is 16.3.